The molecule has 4 heteroatoms. The van der Waals surface area contributed by atoms with Gasteiger partial charge in [0.05, 0.1) is 10.7 Å². The van der Waals surface area contributed by atoms with Crippen LogP contribution in [0.4, 0.5) is 0 Å². The Labute approximate surface area is 114 Å². The van der Waals surface area contributed by atoms with Gasteiger partial charge in [-0.25, -0.2) is 4.98 Å². The zero-order valence-electron chi connectivity index (χ0n) is 12.0. The SMILES string of the molecule is Cc1nc(C2CCN(C)C2)sc1CCC(C)(C)N. The summed E-state index contributed by atoms with van der Waals surface area (Å²) in [5.74, 6) is 0.651. The second kappa shape index (κ2) is 5.27. The fourth-order valence-electron chi connectivity index (χ4n) is 2.43. The second-order valence-electron chi connectivity index (χ2n) is 6.30. The molecule has 1 atom stereocenters. The third kappa shape index (κ3) is 3.53. The molecule has 0 saturated carbocycles. The summed E-state index contributed by atoms with van der Waals surface area (Å²) in [6, 6.07) is 0. The van der Waals surface area contributed by atoms with Gasteiger partial charge < -0.3 is 10.6 Å². The normalized spacial score (nSPS) is 21.7. The van der Waals surface area contributed by atoms with Crippen LogP contribution in [0.1, 0.15) is 48.2 Å². The molecule has 2 heterocycles. The van der Waals surface area contributed by atoms with E-state index in [4.69, 9.17) is 10.7 Å². The smallest absolute Gasteiger partial charge is 0.0975 e. The fraction of sp³-hybridized carbons (Fsp3) is 0.786. The third-order valence-corrected chi connectivity index (χ3v) is 5.03. The first-order valence-electron chi connectivity index (χ1n) is 6.79. The van der Waals surface area contributed by atoms with Crippen LogP contribution in [-0.4, -0.2) is 35.6 Å². The Bertz CT molecular complexity index is 406. The molecule has 18 heavy (non-hydrogen) atoms. The van der Waals surface area contributed by atoms with Gasteiger partial charge in [0.2, 0.25) is 0 Å². The summed E-state index contributed by atoms with van der Waals surface area (Å²) in [6.45, 7) is 8.69. The molecule has 0 radical (unpaired) electrons. The number of nitrogens with two attached hydrogens (primary N) is 1. The van der Waals surface area contributed by atoms with Gasteiger partial charge in [-0.2, -0.15) is 0 Å². The number of likely N-dealkylation sites (tertiary alicyclic amines) is 1. The largest absolute Gasteiger partial charge is 0.326 e. The lowest BCUT2D eigenvalue weighted by atomic mass is 9.99. The topological polar surface area (TPSA) is 42.2 Å². The van der Waals surface area contributed by atoms with Gasteiger partial charge in [0.15, 0.2) is 0 Å². The van der Waals surface area contributed by atoms with Crippen molar-refractivity contribution < 1.29 is 0 Å². The van der Waals surface area contributed by atoms with Crippen LogP contribution in [0.2, 0.25) is 0 Å². The molecule has 1 aliphatic rings. The van der Waals surface area contributed by atoms with Gasteiger partial charge in [-0.3, -0.25) is 0 Å². The van der Waals surface area contributed by atoms with E-state index in [1.165, 1.54) is 28.5 Å². The Morgan fingerprint density at radius 3 is 2.78 bits per heavy atom. The van der Waals surface area contributed by atoms with Gasteiger partial charge in [-0.05, 0) is 53.6 Å². The van der Waals surface area contributed by atoms with Crippen LogP contribution in [0.25, 0.3) is 0 Å². The second-order valence-corrected chi connectivity index (χ2v) is 7.41. The highest BCUT2D eigenvalue weighted by molar-refractivity contribution is 7.11. The lowest BCUT2D eigenvalue weighted by Crippen LogP contribution is -2.32. The van der Waals surface area contributed by atoms with Gasteiger partial charge in [-0.15, -0.1) is 11.3 Å². The Morgan fingerprint density at radius 1 is 1.50 bits per heavy atom. The molecular formula is C14H25N3S. The average molecular weight is 267 g/mol. The van der Waals surface area contributed by atoms with Gasteiger partial charge in [0.25, 0.3) is 0 Å². The summed E-state index contributed by atoms with van der Waals surface area (Å²) in [7, 11) is 2.19. The van der Waals surface area contributed by atoms with Crippen molar-refractivity contribution in [1.82, 2.24) is 9.88 Å². The maximum absolute atomic E-state index is 6.06. The predicted octanol–water partition coefficient (Wildman–Crippen LogP) is 2.54. The number of hydrogen-bond acceptors (Lipinski definition) is 4. The summed E-state index contributed by atoms with van der Waals surface area (Å²) in [5.41, 5.74) is 7.20. The van der Waals surface area contributed by atoms with Crippen LogP contribution < -0.4 is 5.73 Å². The minimum atomic E-state index is -0.0792. The fourth-order valence-corrected chi connectivity index (χ4v) is 3.62. The molecule has 102 valence electrons. The van der Waals surface area contributed by atoms with Crippen LogP contribution in [-0.2, 0) is 6.42 Å². The van der Waals surface area contributed by atoms with Crippen molar-refractivity contribution in [1.29, 1.82) is 0 Å². The van der Waals surface area contributed by atoms with E-state index in [-0.39, 0.29) is 5.54 Å². The molecular weight excluding hydrogens is 242 g/mol. The van der Waals surface area contributed by atoms with Crippen LogP contribution >= 0.6 is 11.3 Å². The van der Waals surface area contributed by atoms with Crippen molar-refractivity contribution in [2.24, 2.45) is 5.73 Å². The molecule has 2 rings (SSSR count). The molecule has 0 spiro atoms. The van der Waals surface area contributed by atoms with Crippen molar-refractivity contribution in [2.45, 2.75) is 51.5 Å². The third-order valence-electron chi connectivity index (χ3n) is 3.65. The van der Waals surface area contributed by atoms with Crippen LogP contribution in [0.15, 0.2) is 0 Å². The summed E-state index contributed by atoms with van der Waals surface area (Å²) in [6.07, 6.45) is 3.35. The molecule has 0 bridgehead atoms. The molecule has 0 amide bonds. The lowest BCUT2D eigenvalue weighted by molar-refractivity contribution is 0.411. The molecule has 1 unspecified atom stereocenters. The Balaban J connectivity index is 2.03. The first-order chi connectivity index (χ1) is 8.35. The number of aromatic nitrogens is 1. The van der Waals surface area contributed by atoms with Crippen LogP contribution in [0.3, 0.4) is 0 Å². The predicted molar refractivity (Wildman–Crippen MR) is 78.3 cm³/mol. The summed E-state index contributed by atoms with van der Waals surface area (Å²) < 4.78 is 0. The van der Waals surface area contributed by atoms with Gasteiger partial charge in [-0.1, -0.05) is 0 Å². The van der Waals surface area contributed by atoms with Gasteiger partial charge >= 0.3 is 0 Å². The van der Waals surface area contributed by atoms with E-state index in [2.05, 4.69) is 32.7 Å². The van der Waals surface area contributed by atoms with Crippen molar-refractivity contribution in [2.75, 3.05) is 20.1 Å². The first kappa shape index (κ1) is 14.0. The maximum atomic E-state index is 6.06. The Hall–Kier alpha value is -0.450. The molecule has 2 N–H and O–H groups in total. The zero-order chi connectivity index (χ0) is 13.3. The monoisotopic (exact) mass is 267 g/mol. The molecule has 0 aromatic carbocycles. The highest BCUT2D eigenvalue weighted by atomic mass is 32.1. The van der Waals surface area contributed by atoms with E-state index >= 15 is 0 Å². The number of likely N-dealkylation sites (N-methyl/N-ethyl adjacent to an activating group) is 1. The number of rotatable bonds is 4. The molecule has 1 aliphatic heterocycles. The number of thiazole rings is 1. The lowest BCUT2D eigenvalue weighted by Gasteiger charge is -2.17. The average Bonchev–Trinajstić information content (AvgIpc) is 2.81. The minimum absolute atomic E-state index is 0.0792. The maximum Gasteiger partial charge on any atom is 0.0975 e. The standard InChI is InChI=1S/C14H25N3S/c1-10-12(5-7-14(2,3)15)18-13(16-10)11-6-8-17(4)9-11/h11H,5-9,15H2,1-4H3. The highest BCUT2D eigenvalue weighted by Gasteiger charge is 2.25. The number of nitrogens with zero attached hydrogens (tertiary/aromatic N) is 2. The first-order valence-corrected chi connectivity index (χ1v) is 7.60. The number of aryl methyl sites for hydroxylation is 2. The molecule has 1 aromatic heterocycles. The Morgan fingerprint density at radius 2 is 2.22 bits per heavy atom. The summed E-state index contributed by atoms with van der Waals surface area (Å²) in [4.78, 5) is 8.60. The Kier molecular flexibility index (Phi) is 4.09. The van der Waals surface area contributed by atoms with Crippen molar-refractivity contribution >= 4 is 11.3 Å². The van der Waals surface area contributed by atoms with Crippen molar-refractivity contribution in [3.8, 4) is 0 Å². The molecule has 1 fully saturated rings. The van der Waals surface area contributed by atoms with Gasteiger partial charge in [0, 0.05) is 22.9 Å². The van der Waals surface area contributed by atoms with E-state index in [1.54, 1.807) is 0 Å². The highest BCUT2D eigenvalue weighted by Crippen LogP contribution is 2.32. The molecule has 1 saturated heterocycles. The zero-order valence-corrected chi connectivity index (χ0v) is 12.8. The summed E-state index contributed by atoms with van der Waals surface area (Å²) in [5, 5.41) is 1.33. The molecule has 0 aliphatic carbocycles. The summed E-state index contributed by atoms with van der Waals surface area (Å²) >= 11 is 1.91. The van der Waals surface area contributed by atoms with Crippen LogP contribution in [0, 0.1) is 6.92 Å². The van der Waals surface area contributed by atoms with Gasteiger partial charge in [0.1, 0.15) is 0 Å². The van der Waals surface area contributed by atoms with Crippen molar-refractivity contribution in [3.63, 3.8) is 0 Å². The van der Waals surface area contributed by atoms with Crippen LogP contribution in [0.5, 0.6) is 0 Å². The molecule has 3 nitrogen and oxygen atoms in total. The minimum Gasteiger partial charge on any atom is -0.326 e. The number of hydrogen-bond donors (Lipinski definition) is 1. The molecule has 1 aromatic rings. The van der Waals surface area contributed by atoms with Crippen molar-refractivity contribution in [3.05, 3.63) is 15.6 Å². The van der Waals surface area contributed by atoms with E-state index in [9.17, 15) is 0 Å². The van der Waals surface area contributed by atoms with E-state index in [1.807, 2.05) is 11.3 Å². The van der Waals surface area contributed by atoms with E-state index in [0.29, 0.717) is 5.92 Å². The van der Waals surface area contributed by atoms with E-state index < -0.39 is 0 Å². The quantitative estimate of drug-likeness (QED) is 0.911. The van der Waals surface area contributed by atoms with E-state index in [0.717, 1.165) is 19.4 Å².